The van der Waals surface area contributed by atoms with Gasteiger partial charge in [-0.3, -0.25) is 9.63 Å². The maximum Gasteiger partial charge on any atom is 0.264 e. The third kappa shape index (κ3) is 4.01. The predicted octanol–water partition coefficient (Wildman–Crippen LogP) is 2.97. The van der Waals surface area contributed by atoms with Crippen LogP contribution < -0.4 is 5.32 Å². The lowest BCUT2D eigenvalue weighted by Gasteiger charge is -2.26. The number of hydrogen-bond acceptors (Lipinski definition) is 5. The summed E-state index contributed by atoms with van der Waals surface area (Å²) in [4.78, 5) is 17.9. The highest BCUT2D eigenvalue weighted by atomic mass is 32.2. The van der Waals surface area contributed by atoms with E-state index in [0.29, 0.717) is 22.6 Å². The Labute approximate surface area is 161 Å². The second kappa shape index (κ2) is 7.97. The third-order valence-corrected chi connectivity index (χ3v) is 7.19. The quantitative estimate of drug-likeness (QED) is 0.767. The van der Waals surface area contributed by atoms with Crippen LogP contribution in [0.3, 0.4) is 0 Å². The average Bonchev–Trinajstić information content (AvgIpc) is 2.68. The Kier molecular flexibility index (Phi) is 5.85. The van der Waals surface area contributed by atoms with Crippen LogP contribution in [-0.2, 0) is 14.9 Å². The minimum atomic E-state index is -3.77. The van der Waals surface area contributed by atoms with Crippen molar-refractivity contribution in [2.24, 2.45) is 0 Å². The van der Waals surface area contributed by atoms with E-state index in [0.717, 1.165) is 10.0 Å². The van der Waals surface area contributed by atoms with E-state index in [4.69, 9.17) is 4.84 Å². The molecular weight excluding hydrogens is 391 g/mol. The van der Waals surface area contributed by atoms with E-state index in [9.17, 15) is 17.6 Å². The molecule has 1 atom stereocenters. The summed E-state index contributed by atoms with van der Waals surface area (Å²) in [5.74, 6) is 0.0822. The molecule has 1 amide bonds. The standard InChI is InChI=1S/C18H19FN2O4S2/c1-21(25-2)27(23,24)13-8-6-12(7-9-13)18(22)20-16-10-11-26-17-14(16)4-3-5-15(17)19/h3-9,16H,10-11H2,1-2H3,(H,20,22)/t16-/m1/s1. The fourth-order valence-electron chi connectivity index (χ4n) is 2.80. The zero-order chi connectivity index (χ0) is 19.6. The van der Waals surface area contributed by atoms with Crippen LogP contribution in [0.2, 0.25) is 0 Å². The fraction of sp³-hybridized carbons (Fsp3) is 0.278. The molecule has 0 saturated carbocycles. The highest BCUT2D eigenvalue weighted by molar-refractivity contribution is 7.99. The topological polar surface area (TPSA) is 75.7 Å². The van der Waals surface area contributed by atoms with Gasteiger partial charge in [-0.05, 0) is 42.3 Å². The van der Waals surface area contributed by atoms with Gasteiger partial charge in [-0.1, -0.05) is 16.6 Å². The molecule has 0 fully saturated rings. The number of rotatable bonds is 5. The molecule has 0 saturated heterocycles. The molecule has 1 N–H and O–H groups in total. The first-order chi connectivity index (χ1) is 12.8. The molecular formula is C18H19FN2O4S2. The van der Waals surface area contributed by atoms with Crippen molar-refractivity contribution < 1.29 is 22.4 Å². The number of carbonyl (C=O) groups excluding carboxylic acids is 1. The van der Waals surface area contributed by atoms with Crippen molar-refractivity contribution in [2.75, 3.05) is 19.9 Å². The van der Waals surface area contributed by atoms with Crippen molar-refractivity contribution in [1.82, 2.24) is 9.79 Å². The Morgan fingerprint density at radius 3 is 2.63 bits per heavy atom. The van der Waals surface area contributed by atoms with E-state index >= 15 is 0 Å². The van der Waals surface area contributed by atoms with Crippen molar-refractivity contribution >= 4 is 27.7 Å². The number of nitrogens with one attached hydrogen (secondary N) is 1. The fourth-order valence-corrected chi connectivity index (χ4v) is 4.92. The summed E-state index contributed by atoms with van der Waals surface area (Å²) in [6, 6.07) is 10.1. The predicted molar refractivity (Wildman–Crippen MR) is 100 cm³/mol. The van der Waals surface area contributed by atoms with E-state index in [1.165, 1.54) is 56.3 Å². The van der Waals surface area contributed by atoms with Crippen LogP contribution in [0.4, 0.5) is 4.39 Å². The first kappa shape index (κ1) is 19.8. The van der Waals surface area contributed by atoms with Gasteiger partial charge in [0.05, 0.1) is 18.0 Å². The number of amides is 1. The maximum atomic E-state index is 14.0. The second-order valence-corrected chi connectivity index (χ2v) is 8.98. The second-order valence-electron chi connectivity index (χ2n) is 5.94. The van der Waals surface area contributed by atoms with Crippen LogP contribution in [-0.4, -0.2) is 38.7 Å². The highest BCUT2D eigenvalue weighted by Gasteiger charge is 2.25. The van der Waals surface area contributed by atoms with Gasteiger partial charge in [0.25, 0.3) is 15.9 Å². The molecule has 0 spiro atoms. The summed E-state index contributed by atoms with van der Waals surface area (Å²) in [5.41, 5.74) is 1.09. The number of benzene rings is 2. The Morgan fingerprint density at radius 1 is 1.26 bits per heavy atom. The number of nitrogens with zero attached hydrogens (tertiary/aromatic N) is 1. The van der Waals surface area contributed by atoms with E-state index < -0.39 is 10.0 Å². The normalized spacial score (nSPS) is 16.8. The molecule has 2 aromatic carbocycles. The van der Waals surface area contributed by atoms with Gasteiger partial charge in [-0.25, -0.2) is 12.8 Å². The molecule has 9 heteroatoms. The zero-order valence-corrected chi connectivity index (χ0v) is 16.4. The lowest BCUT2D eigenvalue weighted by molar-refractivity contribution is -0.0258. The molecule has 0 bridgehead atoms. The van der Waals surface area contributed by atoms with Crippen molar-refractivity contribution in [2.45, 2.75) is 22.3 Å². The van der Waals surface area contributed by atoms with Crippen LogP contribution in [0.25, 0.3) is 0 Å². The van der Waals surface area contributed by atoms with Crippen LogP contribution in [0.1, 0.15) is 28.4 Å². The molecule has 144 valence electrons. The molecule has 0 radical (unpaired) electrons. The van der Waals surface area contributed by atoms with Crippen molar-refractivity contribution in [3.8, 4) is 0 Å². The van der Waals surface area contributed by atoms with Gasteiger partial charge in [0, 0.05) is 23.3 Å². The molecule has 0 aromatic heterocycles. The Morgan fingerprint density at radius 2 is 1.96 bits per heavy atom. The van der Waals surface area contributed by atoms with Gasteiger partial charge in [-0.15, -0.1) is 11.8 Å². The van der Waals surface area contributed by atoms with Gasteiger partial charge >= 0.3 is 0 Å². The van der Waals surface area contributed by atoms with E-state index in [2.05, 4.69) is 5.32 Å². The number of thioether (sulfide) groups is 1. The molecule has 0 unspecified atom stereocenters. The van der Waals surface area contributed by atoms with Crippen LogP contribution in [0.5, 0.6) is 0 Å². The van der Waals surface area contributed by atoms with Crippen LogP contribution >= 0.6 is 11.8 Å². The van der Waals surface area contributed by atoms with Gasteiger partial charge in [0.2, 0.25) is 0 Å². The Balaban J connectivity index is 1.78. The summed E-state index contributed by atoms with van der Waals surface area (Å²) >= 11 is 1.44. The number of halogens is 1. The van der Waals surface area contributed by atoms with E-state index in [1.807, 2.05) is 6.07 Å². The first-order valence-corrected chi connectivity index (χ1v) is 10.6. The van der Waals surface area contributed by atoms with Gasteiger partial charge in [0.1, 0.15) is 5.82 Å². The third-order valence-electron chi connectivity index (χ3n) is 4.34. The summed E-state index contributed by atoms with van der Waals surface area (Å²) in [5, 5.41) is 2.91. The number of hydrogen-bond donors (Lipinski definition) is 1. The first-order valence-electron chi connectivity index (χ1n) is 8.19. The molecule has 0 aliphatic carbocycles. The highest BCUT2D eigenvalue weighted by Crippen LogP contribution is 2.37. The van der Waals surface area contributed by atoms with Crippen molar-refractivity contribution in [3.05, 3.63) is 59.4 Å². The number of fused-ring (bicyclic) bond motifs is 1. The van der Waals surface area contributed by atoms with Crippen molar-refractivity contribution in [3.63, 3.8) is 0 Å². The smallest absolute Gasteiger partial charge is 0.264 e. The summed E-state index contributed by atoms with van der Waals surface area (Å²) < 4.78 is 39.1. The molecule has 1 aliphatic rings. The Hall–Kier alpha value is -1.94. The number of hydroxylamine groups is 1. The minimum absolute atomic E-state index is 0.0184. The number of carbonyl (C=O) groups is 1. The van der Waals surface area contributed by atoms with Gasteiger partial charge in [0.15, 0.2) is 0 Å². The lowest BCUT2D eigenvalue weighted by atomic mass is 10.0. The van der Waals surface area contributed by atoms with E-state index in [1.54, 1.807) is 6.07 Å². The zero-order valence-electron chi connectivity index (χ0n) is 14.8. The summed E-state index contributed by atoms with van der Waals surface area (Å²) in [6.07, 6.45) is 0.692. The molecule has 6 nitrogen and oxygen atoms in total. The summed E-state index contributed by atoms with van der Waals surface area (Å²) in [6.45, 7) is 0. The largest absolute Gasteiger partial charge is 0.345 e. The SMILES string of the molecule is CON(C)S(=O)(=O)c1ccc(C(=O)N[C@@H]2CCSc3c(F)cccc32)cc1. The Bertz CT molecular complexity index is 948. The molecule has 3 rings (SSSR count). The lowest BCUT2D eigenvalue weighted by Crippen LogP contribution is -2.31. The molecule has 27 heavy (non-hydrogen) atoms. The monoisotopic (exact) mass is 410 g/mol. The van der Waals surface area contributed by atoms with Crippen molar-refractivity contribution in [1.29, 1.82) is 0 Å². The van der Waals surface area contributed by atoms with Gasteiger partial charge < -0.3 is 5.32 Å². The minimum Gasteiger partial charge on any atom is -0.345 e. The van der Waals surface area contributed by atoms with Gasteiger partial charge in [-0.2, -0.15) is 0 Å². The average molecular weight is 410 g/mol. The summed E-state index contributed by atoms with van der Waals surface area (Å²) in [7, 11) is -1.23. The molecule has 2 aromatic rings. The van der Waals surface area contributed by atoms with Crippen LogP contribution in [0, 0.1) is 5.82 Å². The number of sulfonamides is 1. The molecule has 1 heterocycles. The van der Waals surface area contributed by atoms with E-state index in [-0.39, 0.29) is 22.7 Å². The molecule has 1 aliphatic heterocycles. The maximum absolute atomic E-state index is 14.0. The van der Waals surface area contributed by atoms with Crippen LogP contribution in [0.15, 0.2) is 52.3 Å².